The van der Waals surface area contributed by atoms with Crippen molar-refractivity contribution in [3.8, 4) is 11.4 Å². The van der Waals surface area contributed by atoms with Crippen LogP contribution in [0.4, 0.5) is 0 Å². The van der Waals surface area contributed by atoms with E-state index in [1.165, 1.54) is 0 Å². The Morgan fingerprint density at radius 3 is 2.73 bits per heavy atom. The highest BCUT2D eigenvalue weighted by Crippen LogP contribution is 2.25. The molecular formula is C20H19N5O. The zero-order valence-electron chi connectivity index (χ0n) is 14.2. The number of nitrogens with two attached hydrogens (primary N) is 1. The Labute approximate surface area is 150 Å². The lowest BCUT2D eigenvalue weighted by Gasteiger charge is -2.05. The van der Waals surface area contributed by atoms with Crippen LogP contribution in [0.15, 0.2) is 54.7 Å². The Kier molecular flexibility index (Phi) is 4.23. The molecule has 2 aromatic heterocycles. The third kappa shape index (κ3) is 3.09. The Morgan fingerprint density at radius 1 is 1.04 bits per heavy atom. The normalized spacial score (nSPS) is 11.1. The maximum Gasteiger partial charge on any atom is 0.248 e. The van der Waals surface area contributed by atoms with Crippen molar-refractivity contribution in [2.75, 3.05) is 0 Å². The fraction of sp³-hybridized carbons (Fsp3) is 0.150. The van der Waals surface area contributed by atoms with Gasteiger partial charge in [0.05, 0.1) is 0 Å². The smallest absolute Gasteiger partial charge is 0.248 e. The molecule has 0 fully saturated rings. The van der Waals surface area contributed by atoms with Gasteiger partial charge < -0.3 is 10.7 Å². The van der Waals surface area contributed by atoms with Crippen molar-refractivity contribution in [3.05, 3.63) is 71.7 Å². The summed E-state index contributed by atoms with van der Waals surface area (Å²) in [4.78, 5) is 19.3. The molecule has 130 valence electrons. The Morgan fingerprint density at radius 2 is 1.85 bits per heavy atom. The maximum absolute atomic E-state index is 11.5. The van der Waals surface area contributed by atoms with Gasteiger partial charge in [0, 0.05) is 34.6 Å². The summed E-state index contributed by atoms with van der Waals surface area (Å²) in [6, 6.07) is 15.5. The Hall–Kier alpha value is -3.41. The first kappa shape index (κ1) is 16.1. The summed E-state index contributed by atoms with van der Waals surface area (Å²) in [6.07, 6.45) is 4.30. The van der Waals surface area contributed by atoms with Gasteiger partial charge in [0.25, 0.3) is 0 Å². The number of aromatic nitrogens is 4. The highest BCUT2D eigenvalue weighted by atomic mass is 16.1. The summed E-state index contributed by atoms with van der Waals surface area (Å²) in [6.45, 7) is 0. The largest absolute Gasteiger partial charge is 0.366 e. The number of rotatable bonds is 6. The average Bonchev–Trinajstić information content (AvgIpc) is 3.28. The number of aryl methyl sites for hydroxylation is 2. The molecule has 2 heterocycles. The molecular weight excluding hydrogens is 326 g/mol. The van der Waals surface area contributed by atoms with Gasteiger partial charge in [-0.25, -0.2) is 4.98 Å². The lowest BCUT2D eigenvalue weighted by Crippen LogP contribution is -2.13. The Balaban J connectivity index is 1.46. The van der Waals surface area contributed by atoms with Crippen LogP contribution < -0.4 is 5.73 Å². The summed E-state index contributed by atoms with van der Waals surface area (Å²) < 4.78 is 0. The van der Waals surface area contributed by atoms with Gasteiger partial charge >= 0.3 is 0 Å². The second-order valence-electron chi connectivity index (χ2n) is 6.23. The zero-order valence-corrected chi connectivity index (χ0v) is 14.2. The molecule has 0 bridgehead atoms. The van der Waals surface area contributed by atoms with Crippen LogP contribution in [0.2, 0.25) is 0 Å². The molecule has 4 rings (SSSR count). The molecule has 0 aliphatic heterocycles. The standard InChI is InChI=1S/C20H19N5O/c21-19(26)14-8-2-1-6-13(14)7-5-11-18-23-20(25-24-18)16-12-22-17-10-4-3-9-15(16)17/h1-4,6,8-10,12,22H,5,7,11H2,(H2,21,26)(H,23,24,25). The number of nitrogens with one attached hydrogen (secondary N) is 2. The number of carbonyl (C=O) groups excluding carboxylic acids is 1. The van der Waals surface area contributed by atoms with E-state index in [1.54, 1.807) is 6.07 Å². The number of nitrogens with zero attached hydrogens (tertiary/aromatic N) is 2. The van der Waals surface area contributed by atoms with Crippen molar-refractivity contribution in [1.29, 1.82) is 0 Å². The first-order valence-electron chi connectivity index (χ1n) is 8.58. The minimum absolute atomic E-state index is 0.387. The van der Waals surface area contributed by atoms with Crippen LogP contribution in [0.5, 0.6) is 0 Å². The number of aromatic amines is 2. The molecule has 0 unspecified atom stereocenters. The number of amides is 1. The van der Waals surface area contributed by atoms with Gasteiger partial charge in [-0.3, -0.25) is 9.89 Å². The van der Waals surface area contributed by atoms with Crippen molar-refractivity contribution in [2.24, 2.45) is 5.73 Å². The van der Waals surface area contributed by atoms with E-state index >= 15 is 0 Å². The molecule has 6 nitrogen and oxygen atoms in total. The quantitative estimate of drug-likeness (QED) is 0.500. The molecule has 0 aliphatic rings. The number of fused-ring (bicyclic) bond motifs is 1. The molecule has 4 aromatic rings. The van der Waals surface area contributed by atoms with Crippen LogP contribution in [0, 0.1) is 0 Å². The minimum Gasteiger partial charge on any atom is -0.366 e. The third-order valence-electron chi connectivity index (χ3n) is 4.50. The molecule has 1 amide bonds. The molecule has 0 saturated carbocycles. The summed E-state index contributed by atoms with van der Waals surface area (Å²) in [5.74, 6) is 1.14. The van der Waals surface area contributed by atoms with E-state index in [0.29, 0.717) is 11.4 Å². The first-order valence-corrected chi connectivity index (χ1v) is 8.58. The second kappa shape index (κ2) is 6.84. The lowest BCUT2D eigenvalue weighted by molar-refractivity contribution is 0.0999. The molecule has 26 heavy (non-hydrogen) atoms. The van der Waals surface area contributed by atoms with Gasteiger partial charge in [0.2, 0.25) is 5.91 Å². The van der Waals surface area contributed by atoms with Crippen LogP contribution in [0.25, 0.3) is 22.3 Å². The predicted molar refractivity (Wildman–Crippen MR) is 101 cm³/mol. The van der Waals surface area contributed by atoms with Gasteiger partial charge in [-0.05, 0) is 30.5 Å². The van der Waals surface area contributed by atoms with Gasteiger partial charge in [0.1, 0.15) is 5.82 Å². The number of hydrogen-bond donors (Lipinski definition) is 3. The molecule has 0 saturated heterocycles. The zero-order chi connectivity index (χ0) is 17.9. The molecule has 0 atom stereocenters. The number of benzene rings is 2. The van der Waals surface area contributed by atoms with Gasteiger partial charge in [-0.15, -0.1) is 0 Å². The van der Waals surface area contributed by atoms with E-state index in [4.69, 9.17) is 5.73 Å². The molecule has 2 aromatic carbocycles. The van der Waals surface area contributed by atoms with E-state index in [9.17, 15) is 4.79 Å². The number of hydrogen-bond acceptors (Lipinski definition) is 3. The van der Waals surface area contributed by atoms with E-state index in [0.717, 1.165) is 47.1 Å². The van der Waals surface area contributed by atoms with Crippen molar-refractivity contribution in [3.63, 3.8) is 0 Å². The third-order valence-corrected chi connectivity index (χ3v) is 4.50. The minimum atomic E-state index is -0.387. The van der Waals surface area contributed by atoms with E-state index in [-0.39, 0.29) is 5.91 Å². The molecule has 6 heteroatoms. The van der Waals surface area contributed by atoms with E-state index in [1.807, 2.05) is 42.6 Å². The summed E-state index contributed by atoms with van der Waals surface area (Å²) in [7, 11) is 0. The SMILES string of the molecule is NC(=O)c1ccccc1CCCc1nc(-c2c[nH]c3ccccc23)n[nH]1. The summed E-state index contributed by atoms with van der Waals surface area (Å²) >= 11 is 0. The number of carbonyl (C=O) groups is 1. The van der Waals surface area contributed by atoms with Gasteiger partial charge in [-0.1, -0.05) is 36.4 Å². The van der Waals surface area contributed by atoms with E-state index in [2.05, 4.69) is 26.2 Å². The molecule has 0 aliphatic carbocycles. The monoisotopic (exact) mass is 345 g/mol. The maximum atomic E-state index is 11.5. The number of primary amides is 1. The number of para-hydroxylation sites is 1. The number of H-pyrrole nitrogens is 2. The Bertz CT molecular complexity index is 1060. The van der Waals surface area contributed by atoms with Crippen LogP contribution in [0.1, 0.15) is 28.2 Å². The highest BCUT2D eigenvalue weighted by Gasteiger charge is 2.12. The van der Waals surface area contributed by atoms with Crippen LogP contribution in [0.3, 0.4) is 0 Å². The molecule has 0 radical (unpaired) electrons. The van der Waals surface area contributed by atoms with Crippen LogP contribution in [-0.2, 0) is 12.8 Å². The predicted octanol–water partition coefficient (Wildman–Crippen LogP) is 3.23. The van der Waals surface area contributed by atoms with Crippen molar-refractivity contribution >= 4 is 16.8 Å². The van der Waals surface area contributed by atoms with Gasteiger partial charge in [0.15, 0.2) is 5.82 Å². The van der Waals surface area contributed by atoms with E-state index < -0.39 is 0 Å². The summed E-state index contributed by atoms with van der Waals surface area (Å²) in [5, 5.41) is 8.47. The second-order valence-corrected chi connectivity index (χ2v) is 6.23. The van der Waals surface area contributed by atoms with Crippen LogP contribution >= 0.6 is 0 Å². The van der Waals surface area contributed by atoms with Crippen molar-refractivity contribution in [1.82, 2.24) is 20.2 Å². The van der Waals surface area contributed by atoms with Gasteiger partial charge in [-0.2, -0.15) is 5.10 Å². The fourth-order valence-corrected chi connectivity index (χ4v) is 3.21. The molecule has 0 spiro atoms. The fourth-order valence-electron chi connectivity index (χ4n) is 3.21. The summed E-state index contributed by atoms with van der Waals surface area (Å²) in [5.41, 5.74) is 9.04. The first-order chi connectivity index (χ1) is 12.7. The van der Waals surface area contributed by atoms with Crippen LogP contribution in [-0.4, -0.2) is 26.1 Å². The van der Waals surface area contributed by atoms with Crippen molar-refractivity contribution in [2.45, 2.75) is 19.3 Å². The molecule has 4 N–H and O–H groups in total. The highest BCUT2D eigenvalue weighted by molar-refractivity contribution is 5.94. The average molecular weight is 345 g/mol. The van der Waals surface area contributed by atoms with Crippen molar-refractivity contribution < 1.29 is 4.79 Å². The lowest BCUT2D eigenvalue weighted by atomic mass is 10.0. The topological polar surface area (TPSA) is 100 Å².